The molecule has 20 heavy (non-hydrogen) atoms. The number of ketones is 1. The normalized spacial score (nSPS) is 19.2. The molecule has 1 aromatic carbocycles. The topological polar surface area (TPSA) is 37.4 Å². The molecule has 0 spiro atoms. The Balaban J connectivity index is 2.28. The Hall–Kier alpha value is -1.64. The quantitative estimate of drug-likeness (QED) is 0.830. The van der Waals surface area contributed by atoms with Gasteiger partial charge in [-0.1, -0.05) is 32.9 Å². The first-order chi connectivity index (χ1) is 9.30. The maximum atomic E-state index is 12.6. The molecule has 1 unspecified atom stereocenters. The third-order valence-corrected chi connectivity index (χ3v) is 3.96. The van der Waals surface area contributed by atoms with Gasteiger partial charge in [0, 0.05) is 12.1 Å². The average Bonchev–Trinajstić information content (AvgIpc) is 2.86. The Morgan fingerprint density at radius 2 is 1.95 bits per heavy atom. The minimum absolute atomic E-state index is 0.0152. The smallest absolute Gasteiger partial charge is 0.254 e. The first-order valence-electron chi connectivity index (χ1n) is 7.22. The summed E-state index contributed by atoms with van der Waals surface area (Å²) in [6.45, 7) is 8.64. The lowest BCUT2D eigenvalue weighted by Crippen LogP contribution is -2.39. The van der Waals surface area contributed by atoms with E-state index in [1.54, 1.807) is 11.8 Å². The number of carbonyl (C=O) groups is 2. The Labute approximate surface area is 121 Å². The van der Waals surface area contributed by atoms with Crippen LogP contribution in [-0.2, 0) is 10.2 Å². The number of benzene rings is 1. The van der Waals surface area contributed by atoms with Gasteiger partial charge >= 0.3 is 0 Å². The van der Waals surface area contributed by atoms with Gasteiger partial charge in [-0.2, -0.15) is 0 Å². The molecular weight excluding hydrogens is 250 g/mol. The Morgan fingerprint density at radius 3 is 2.55 bits per heavy atom. The predicted molar refractivity (Wildman–Crippen MR) is 79.9 cm³/mol. The van der Waals surface area contributed by atoms with Crippen molar-refractivity contribution in [3.63, 3.8) is 0 Å². The fourth-order valence-corrected chi connectivity index (χ4v) is 2.72. The number of Topliss-reactive ketones (excluding diaryl/α,β-unsaturated/α-hetero) is 1. The molecule has 0 aliphatic carbocycles. The fraction of sp³-hybridized carbons (Fsp3) is 0.529. The van der Waals surface area contributed by atoms with Crippen LogP contribution in [0.4, 0.5) is 0 Å². The van der Waals surface area contributed by atoms with Crippen LogP contribution >= 0.6 is 0 Å². The van der Waals surface area contributed by atoms with Gasteiger partial charge in [-0.25, -0.2) is 0 Å². The van der Waals surface area contributed by atoms with E-state index >= 15 is 0 Å². The van der Waals surface area contributed by atoms with Crippen molar-refractivity contribution in [2.45, 2.75) is 52.0 Å². The number of likely N-dealkylation sites (tertiary alicyclic amines) is 1. The Bertz CT molecular complexity index is 528. The predicted octanol–water partition coefficient (Wildman–Crippen LogP) is 3.18. The number of amides is 1. The van der Waals surface area contributed by atoms with Crippen molar-refractivity contribution in [1.82, 2.24) is 4.90 Å². The molecule has 0 radical (unpaired) electrons. The minimum atomic E-state index is -0.235. The molecule has 108 valence electrons. The lowest BCUT2D eigenvalue weighted by molar-refractivity contribution is -0.120. The summed E-state index contributed by atoms with van der Waals surface area (Å²) in [5, 5.41) is 0. The molecule has 0 bridgehead atoms. The number of carbonyl (C=O) groups excluding carboxylic acids is 2. The van der Waals surface area contributed by atoms with Gasteiger partial charge in [-0.15, -0.1) is 0 Å². The van der Waals surface area contributed by atoms with Gasteiger partial charge in [0.2, 0.25) is 0 Å². The number of rotatable bonds is 2. The van der Waals surface area contributed by atoms with E-state index in [4.69, 9.17) is 0 Å². The highest BCUT2D eigenvalue weighted by Crippen LogP contribution is 2.25. The highest BCUT2D eigenvalue weighted by molar-refractivity contribution is 5.98. The lowest BCUT2D eigenvalue weighted by atomic mass is 9.86. The van der Waals surface area contributed by atoms with E-state index in [-0.39, 0.29) is 23.1 Å². The maximum Gasteiger partial charge on any atom is 0.254 e. The molecule has 1 amide bonds. The molecule has 1 aliphatic heterocycles. The highest BCUT2D eigenvalue weighted by Gasteiger charge is 2.32. The van der Waals surface area contributed by atoms with Crippen LogP contribution in [0.1, 0.15) is 56.5 Å². The zero-order valence-electron chi connectivity index (χ0n) is 12.8. The van der Waals surface area contributed by atoms with Crippen molar-refractivity contribution in [3.05, 3.63) is 35.4 Å². The molecule has 0 N–H and O–H groups in total. The van der Waals surface area contributed by atoms with Crippen LogP contribution in [0.2, 0.25) is 0 Å². The number of hydrogen-bond acceptors (Lipinski definition) is 2. The molecule has 1 aliphatic rings. The van der Waals surface area contributed by atoms with Crippen LogP contribution in [0.15, 0.2) is 24.3 Å². The summed E-state index contributed by atoms with van der Waals surface area (Å²) in [4.78, 5) is 26.0. The van der Waals surface area contributed by atoms with E-state index in [0.29, 0.717) is 12.1 Å². The van der Waals surface area contributed by atoms with Gasteiger partial charge < -0.3 is 4.90 Å². The molecule has 3 nitrogen and oxygen atoms in total. The molecule has 3 heteroatoms. The van der Waals surface area contributed by atoms with Gasteiger partial charge in [0.1, 0.15) is 0 Å². The Kier molecular flexibility index (Phi) is 3.98. The van der Waals surface area contributed by atoms with E-state index in [0.717, 1.165) is 18.4 Å². The van der Waals surface area contributed by atoms with Crippen LogP contribution in [0.3, 0.4) is 0 Å². The van der Waals surface area contributed by atoms with Crippen LogP contribution in [0.25, 0.3) is 0 Å². The summed E-state index contributed by atoms with van der Waals surface area (Å²) >= 11 is 0. The van der Waals surface area contributed by atoms with Gasteiger partial charge in [0.25, 0.3) is 5.91 Å². The van der Waals surface area contributed by atoms with Crippen LogP contribution in [0, 0.1) is 0 Å². The Morgan fingerprint density at radius 1 is 1.25 bits per heavy atom. The fourth-order valence-electron chi connectivity index (χ4n) is 2.72. The monoisotopic (exact) mass is 273 g/mol. The van der Waals surface area contributed by atoms with Crippen molar-refractivity contribution < 1.29 is 9.59 Å². The second-order valence-electron chi connectivity index (χ2n) is 6.60. The van der Waals surface area contributed by atoms with Crippen LogP contribution < -0.4 is 0 Å². The van der Waals surface area contributed by atoms with E-state index < -0.39 is 0 Å². The summed E-state index contributed by atoms with van der Waals surface area (Å²) in [5.74, 6) is 0.0663. The minimum Gasteiger partial charge on any atom is -0.329 e. The zero-order valence-corrected chi connectivity index (χ0v) is 12.8. The standard InChI is InChI=1S/C17H23NO2/c1-12(19)15-9-6-10-18(15)16(20)13-7-5-8-14(11-13)17(2,3)4/h5,7-8,11,15H,6,9-10H2,1-4H3. The SMILES string of the molecule is CC(=O)C1CCCN1C(=O)c1cccc(C(C)(C)C)c1. The van der Waals surface area contributed by atoms with E-state index in [9.17, 15) is 9.59 Å². The largest absolute Gasteiger partial charge is 0.329 e. The van der Waals surface area contributed by atoms with E-state index in [2.05, 4.69) is 20.8 Å². The third-order valence-electron chi connectivity index (χ3n) is 3.96. The van der Waals surface area contributed by atoms with Crippen molar-refractivity contribution in [2.24, 2.45) is 0 Å². The zero-order chi connectivity index (χ0) is 14.9. The number of nitrogens with zero attached hydrogens (tertiary/aromatic N) is 1. The molecule has 1 saturated heterocycles. The first kappa shape index (κ1) is 14.8. The summed E-state index contributed by atoms with van der Waals surface area (Å²) < 4.78 is 0. The van der Waals surface area contributed by atoms with Gasteiger partial charge in [-0.05, 0) is 42.9 Å². The van der Waals surface area contributed by atoms with Gasteiger partial charge in [0.15, 0.2) is 5.78 Å². The van der Waals surface area contributed by atoms with Crippen molar-refractivity contribution >= 4 is 11.7 Å². The molecule has 0 saturated carbocycles. The van der Waals surface area contributed by atoms with Crippen molar-refractivity contribution in [1.29, 1.82) is 0 Å². The molecule has 0 aromatic heterocycles. The second-order valence-corrected chi connectivity index (χ2v) is 6.60. The molecular formula is C17H23NO2. The molecule has 2 rings (SSSR count). The highest BCUT2D eigenvalue weighted by atomic mass is 16.2. The van der Waals surface area contributed by atoms with Crippen LogP contribution in [0.5, 0.6) is 0 Å². The second kappa shape index (κ2) is 5.39. The molecule has 1 heterocycles. The van der Waals surface area contributed by atoms with Crippen molar-refractivity contribution in [2.75, 3.05) is 6.54 Å². The summed E-state index contributed by atoms with van der Waals surface area (Å²) in [5.41, 5.74) is 1.84. The van der Waals surface area contributed by atoms with Gasteiger partial charge in [-0.3, -0.25) is 9.59 Å². The van der Waals surface area contributed by atoms with Crippen molar-refractivity contribution in [3.8, 4) is 0 Å². The maximum absolute atomic E-state index is 12.6. The van der Waals surface area contributed by atoms with E-state index in [1.165, 1.54) is 0 Å². The first-order valence-corrected chi connectivity index (χ1v) is 7.22. The summed E-state index contributed by atoms with van der Waals surface area (Å²) in [6.07, 6.45) is 1.70. The average molecular weight is 273 g/mol. The molecule has 1 aromatic rings. The number of hydrogen-bond donors (Lipinski definition) is 0. The summed E-state index contributed by atoms with van der Waals surface area (Å²) in [7, 11) is 0. The van der Waals surface area contributed by atoms with Gasteiger partial charge in [0.05, 0.1) is 6.04 Å². The third kappa shape index (κ3) is 2.92. The van der Waals surface area contributed by atoms with Crippen LogP contribution in [-0.4, -0.2) is 29.2 Å². The molecule has 1 fully saturated rings. The lowest BCUT2D eigenvalue weighted by Gasteiger charge is -2.24. The van der Waals surface area contributed by atoms with E-state index in [1.807, 2.05) is 24.3 Å². The molecule has 1 atom stereocenters. The summed E-state index contributed by atoms with van der Waals surface area (Å²) in [6, 6.07) is 7.53.